The Balaban J connectivity index is 1.75. The molecule has 1 aliphatic rings. The molecular formula is C20H24N2O4S. The van der Waals surface area contributed by atoms with Crippen LogP contribution in [0.1, 0.15) is 34.3 Å². The molecular weight excluding hydrogens is 364 g/mol. The molecule has 2 N–H and O–H groups in total. The first-order valence-corrected chi connectivity index (χ1v) is 10.4. The summed E-state index contributed by atoms with van der Waals surface area (Å²) in [5.41, 5.74) is 2.39. The molecule has 1 atom stereocenters. The predicted molar refractivity (Wildman–Crippen MR) is 104 cm³/mol. The van der Waals surface area contributed by atoms with Crippen LogP contribution in [0.2, 0.25) is 0 Å². The minimum atomic E-state index is -3.72. The third kappa shape index (κ3) is 4.67. The van der Waals surface area contributed by atoms with Gasteiger partial charge in [0.2, 0.25) is 0 Å². The molecule has 0 spiro atoms. The highest BCUT2D eigenvalue weighted by Gasteiger charge is 2.20. The molecule has 1 amide bonds. The summed E-state index contributed by atoms with van der Waals surface area (Å²) in [5.74, 6) is -0.237. The number of sulfonamides is 1. The van der Waals surface area contributed by atoms with Crippen LogP contribution in [0.3, 0.4) is 0 Å². The second-order valence-corrected chi connectivity index (χ2v) is 8.42. The Hall–Kier alpha value is -2.38. The molecule has 2 aromatic carbocycles. The standard InChI is InChI=1S/C20H24N2O4S/c1-14-8-10-17(11-9-14)27(24,25)22-19-7-3-6-18(15(19)2)20(23)21-13-16-5-4-12-26-16/h3,6-11,16,22H,4-5,12-13H2,1-2H3,(H,21,23)/t16-/m1/s1. The summed E-state index contributed by atoms with van der Waals surface area (Å²) in [7, 11) is -3.72. The lowest BCUT2D eigenvalue weighted by atomic mass is 10.1. The van der Waals surface area contributed by atoms with Gasteiger partial charge in [0.15, 0.2) is 0 Å². The van der Waals surface area contributed by atoms with Crippen molar-refractivity contribution < 1.29 is 17.9 Å². The van der Waals surface area contributed by atoms with E-state index in [1.165, 1.54) is 0 Å². The first kappa shape index (κ1) is 19.4. The minimum Gasteiger partial charge on any atom is -0.376 e. The average molecular weight is 388 g/mol. The van der Waals surface area contributed by atoms with E-state index in [9.17, 15) is 13.2 Å². The van der Waals surface area contributed by atoms with E-state index in [2.05, 4.69) is 10.0 Å². The van der Waals surface area contributed by atoms with E-state index in [1.54, 1.807) is 49.4 Å². The van der Waals surface area contributed by atoms with Crippen molar-refractivity contribution in [1.82, 2.24) is 5.32 Å². The lowest BCUT2D eigenvalue weighted by molar-refractivity contribution is 0.0857. The van der Waals surface area contributed by atoms with Gasteiger partial charge in [0.05, 0.1) is 16.7 Å². The third-order valence-corrected chi connectivity index (χ3v) is 6.05. The molecule has 0 aliphatic carbocycles. The van der Waals surface area contributed by atoms with Gasteiger partial charge in [-0.1, -0.05) is 23.8 Å². The first-order valence-electron chi connectivity index (χ1n) is 8.96. The quantitative estimate of drug-likeness (QED) is 0.797. The number of hydrogen-bond acceptors (Lipinski definition) is 4. The smallest absolute Gasteiger partial charge is 0.261 e. The molecule has 0 bridgehead atoms. The minimum absolute atomic E-state index is 0.0532. The van der Waals surface area contributed by atoms with Crippen molar-refractivity contribution in [3.05, 3.63) is 59.2 Å². The first-order chi connectivity index (χ1) is 12.9. The summed E-state index contributed by atoms with van der Waals surface area (Å²) < 4.78 is 33.3. The number of ether oxygens (including phenoxy) is 1. The van der Waals surface area contributed by atoms with Crippen LogP contribution < -0.4 is 10.0 Å². The van der Waals surface area contributed by atoms with Gasteiger partial charge >= 0.3 is 0 Å². The van der Waals surface area contributed by atoms with Gasteiger partial charge in [-0.3, -0.25) is 9.52 Å². The molecule has 1 heterocycles. The number of carbonyl (C=O) groups is 1. The number of hydrogen-bond donors (Lipinski definition) is 2. The maximum absolute atomic E-state index is 12.6. The monoisotopic (exact) mass is 388 g/mol. The van der Waals surface area contributed by atoms with Crippen LogP contribution in [0.5, 0.6) is 0 Å². The van der Waals surface area contributed by atoms with Crippen LogP contribution in [0.4, 0.5) is 5.69 Å². The van der Waals surface area contributed by atoms with Gasteiger partial charge in [0, 0.05) is 18.7 Å². The summed E-state index contributed by atoms with van der Waals surface area (Å²) in [6.45, 7) is 4.81. The SMILES string of the molecule is Cc1ccc(S(=O)(=O)Nc2cccc(C(=O)NC[C@H]3CCCO3)c2C)cc1. The lowest BCUT2D eigenvalue weighted by Gasteiger charge is -2.15. The Kier molecular flexibility index (Phi) is 5.82. The van der Waals surface area contributed by atoms with Crippen molar-refractivity contribution >= 4 is 21.6 Å². The topological polar surface area (TPSA) is 84.5 Å². The van der Waals surface area contributed by atoms with Crippen LogP contribution in [0.15, 0.2) is 47.4 Å². The number of carbonyl (C=O) groups excluding carboxylic acids is 1. The maximum atomic E-state index is 12.6. The number of anilines is 1. The van der Waals surface area contributed by atoms with Gasteiger partial charge in [-0.25, -0.2) is 8.42 Å². The van der Waals surface area contributed by atoms with E-state index in [4.69, 9.17) is 4.74 Å². The molecule has 7 heteroatoms. The Morgan fingerprint density at radius 2 is 1.89 bits per heavy atom. The van der Waals surface area contributed by atoms with Gasteiger partial charge < -0.3 is 10.1 Å². The molecule has 1 saturated heterocycles. The van der Waals surface area contributed by atoms with Crippen molar-refractivity contribution in [3.8, 4) is 0 Å². The Labute approximate surface area is 160 Å². The molecule has 0 unspecified atom stereocenters. The third-order valence-electron chi connectivity index (χ3n) is 4.67. The number of aryl methyl sites for hydroxylation is 1. The fourth-order valence-corrected chi connectivity index (χ4v) is 4.14. The Morgan fingerprint density at radius 1 is 1.15 bits per heavy atom. The van der Waals surface area contributed by atoms with E-state index >= 15 is 0 Å². The van der Waals surface area contributed by atoms with Crippen molar-refractivity contribution in [2.24, 2.45) is 0 Å². The summed E-state index contributed by atoms with van der Waals surface area (Å²) in [6, 6.07) is 11.6. The second-order valence-electron chi connectivity index (χ2n) is 6.74. The fourth-order valence-electron chi connectivity index (χ4n) is 3.02. The van der Waals surface area contributed by atoms with Crippen molar-refractivity contribution in [2.45, 2.75) is 37.7 Å². The van der Waals surface area contributed by atoms with E-state index in [1.807, 2.05) is 6.92 Å². The van der Waals surface area contributed by atoms with Crippen LogP contribution >= 0.6 is 0 Å². The van der Waals surface area contributed by atoms with E-state index in [0.717, 1.165) is 25.0 Å². The molecule has 2 aromatic rings. The summed E-state index contributed by atoms with van der Waals surface area (Å²) in [6.07, 6.45) is 2.00. The van der Waals surface area contributed by atoms with Crippen LogP contribution in [0, 0.1) is 13.8 Å². The summed E-state index contributed by atoms with van der Waals surface area (Å²) in [4.78, 5) is 12.7. The molecule has 144 valence electrons. The maximum Gasteiger partial charge on any atom is 0.261 e. The summed E-state index contributed by atoms with van der Waals surface area (Å²) >= 11 is 0. The normalized spacial score (nSPS) is 16.9. The van der Waals surface area contributed by atoms with Crippen LogP contribution in [-0.4, -0.2) is 33.6 Å². The van der Waals surface area contributed by atoms with Crippen LogP contribution in [-0.2, 0) is 14.8 Å². The van der Waals surface area contributed by atoms with E-state index in [0.29, 0.717) is 23.4 Å². The van der Waals surface area contributed by atoms with Crippen molar-refractivity contribution in [3.63, 3.8) is 0 Å². The molecule has 0 aromatic heterocycles. The highest BCUT2D eigenvalue weighted by molar-refractivity contribution is 7.92. The zero-order valence-electron chi connectivity index (χ0n) is 15.5. The Morgan fingerprint density at radius 3 is 2.56 bits per heavy atom. The largest absolute Gasteiger partial charge is 0.376 e. The van der Waals surface area contributed by atoms with Crippen molar-refractivity contribution in [2.75, 3.05) is 17.9 Å². The highest BCUT2D eigenvalue weighted by atomic mass is 32.2. The van der Waals surface area contributed by atoms with Crippen molar-refractivity contribution in [1.29, 1.82) is 0 Å². The van der Waals surface area contributed by atoms with E-state index < -0.39 is 10.0 Å². The number of nitrogens with one attached hydrogen (secondary N) is 2. The number of amides is 1. The zero-order valence-corrected chi connectivity index (χ0v) is 16.3. The molecule has 6 nitrogen and oxygen atoms in total. The lowest BCUT2D eigenvalue weighted by Crippen LogP contribution is -2.32. The molecule has 1 fully saturated rings. The van der Waals surface area contributed by atoms with Gasteiger partial charge in [-0.15, -0.1) is 0 Å². The Bertz CT molecular complexity index is 917. The molecule has 3 rings (SSSR count). The number of benzene rings is 2. The predicted octanol–water partition coefficient (Wildman–Crippen LogP) is 3.01. The molecule has 0 saturated carbocycles. The highest BCUT2D eigenvalue weighted by Crippen LogP contribution is 2.23. The van der Waals surface area contributed by atoms with Gasteiger partial charge in [0.1, 0.15) is 0 Å². The van der Waals surface area contributed by atoms with Gasteiger partial charge in [-0.2, -0.15) is 0 Å². The average Bonchev–Trinajstić information content (AvgIpc) is 3.15. The number of rotatable bonds is 6. The van der Waals surface area contributed by atoms with Gasteiger partial charge in [-0.05, 0) is 56.5 Å². The zero-order chi connectivity index (χ0) is 19.4. The summed E-state index contributed by atoms with van der Waals surface area (Å²) in [5, 5.41) is 2.87. The second kappa shape index (κ2) is 8.10. The molecule has 1 aliphatic heterocycles. The van der Waals surface area contributed by atoms with Gasteiger partial charge in [0.25, 0.3) is 15.9 Å². The fraction of sp³-hybridized carbons (Fsp3) is 0.350. The van der Waals surface area contributed by atoms with Crippen LogP contribution in [0.25, 0.3) is 0 Å². The molecule has 27 heavy (non-hydrogen) atoms. The van der Waals surface area contributed by atoms with E-state index in [-0.39, 0.29) is 16.9 Å². The molecule has 0 radical (unpaired) electrons.